The number of benzene rings is 3. The molecule has 0 unspecified atom stereocenters. The van der Waals surface area contributed by atoms with E-state index in [1.165, 1.54) is 18.7 Å². The van der Waals surface area contributed by atoms with Crippen LogP contribution in [-0.2, 0) is 21.9 Å². The van der Waals surface area contributed by atoms with E-state index in [9.17, 15) is 14.8 Å². The van der Waals surface area contributed by atoms with Crippen LogP contribution in [0.5, 0.6) is 0 Å². The maximum atomic E-state index is 13.1. The van der Waals surface area contributed by atoms with Gasteiger partial charge in [0.15, 0.2) is 0 Å². The maximum absolute atomic E-state index is 13.1. The molecule has 2 N–H and O–H groups in total. The Morgan fingerprint density at radius 1 is 0.941 bits per heavy atom. The number of thioether (sulfide) groups is 1. The van der Waals surface area contributed by atoms with Gasteiger partial charge in [-0.1, -0.05) is 78.9 Å². The third-order valence-corrected chi connectivity index (χ3v) is 6.97. The minimum absolute atomic E-state index is 0.100. The molecule has 0 saturated carbocycles. The molecule has 0 fully saturated rings. The standard InChI is InChI=1S/C27H26N2O4S/c1-19(30)29-16-23(22-14-8-9-15-24(22)29)26(34-18-21-12-6-3-7-13-21)25(28-32)27(31)33-17-20-10-4-2-5-11-20/h2-16,25-26,28,32H,17-18H2,1H3/t25-,26-/m1/s1. The molecule has 1 heterocycles. The highest BCUT2D eigenvalue weighted by Crippen LogP contribution is 2.39. The van der Waals surface area contributed by atoms with Gasteiger partial charge in [-0.3, -0.25) is 14.2 Å². The zero-order valence-electron chi connectivity index (χ0n) is 18.8. The van der Waals surface area contributed by atoms with Crippen molar-refractivity contribution in [3.05, 3.63) is 108 Å². The molecule has 0 aliphatic heterocycles. The number of fused-ring (bicyclic) bond motifs is 1. The Labute approximate surface area is 202 Å². The quantitative estimate of drug-likeness (QED) is 0.251. The number of hydroxylamine groups is 1. The summed E-state index contributed by atoms with van der Waals surface area (Å²) in [6.07, 6.45) is 1.75. The smallest absolute Gasteiger partial charge is 0.327 e. The van der Waals surface area contributed by atoms with Crippen molar-refractivity contribution in [1.29, 1.82) is 0 Å². The van der Waals surface area contributed by atoms with Gasteiger partial charge in [0.05, 0.1) is 10.8 Å². The first kappa shape index (κ1) is 23.8. The molecule has 4 rings (SSSR count). The van der Waals surface area contributed by atoms with Gasteiger partial charge >= 0.3 is 5.97 Å². The van der Waals surface area contributed by atoms with Crippen LogP contribution in [0.15, 0.2) is 91.1 Å². The minimum Gasteiger partial charge on any atom is -0.460 e. The summed E-state index contributed by atoms with van der Waals surface area (Å²) < 4.78 is 7.13. The summed E-state index contributed by atoms with van der Waals surface area (Å²) in [6, 6.07) is 25.8. The molecule has 0 amide bonds. The monoisotopic (exact) mass is 474 g/mol. The van der Waals surface area contributed by atoms with Crippen molar-refractivity contribution >= 4 is 34.5 Å². The molecular weight excluding hydrogens is 448 g/mol. The predicted molar refractivity (Wildman–Crippen MR) is 134 cm³/mol. The molecule has 0 aliphatic carbocycles. The van der Waals surface area contributed by atoms with E-state index in [0.29, 0.717) is 5.75 Å². The highest BCUT2D eigenvalue weighted by atomic mass is 32.2. The molecule has 2 atom stereocenters. The fourth-order valence-electron chi connectivity index (χ4n) is 3.88. The molecule has 6 nitrogen and oxygen atoms in total. The van der Waals surface area contributed by atoms with Crippen molar-refractivity contribution in [1.82, 2.24) is 10.0 Å². The van der Waals surface area contributed by atoms with Crippen LogP contribution in [0, 0.1) is 0 Å². The molecule has 7 heteroatoms. The first-order valence-corrected chi connectivity index (χ1v) is 12.0. The number of aromatic nitrogens is 1. The van der Waals surface area contributed by atoms with Crippen LogP contribution in [0.1, 0.15) is 33.7 Å². The van der Waals surface area contributed by atoms with Crippen LogP contribution in [0.3, 0.4) is 0 Å². The third-order valence-electron chi connectivity index (χ3n) is 5.58. The molecule has 3 aromatic carbocycles. The lowest BCUT2D eigenvalue weighted by Gasteiger charge is -2.24. The average Bonchev–Trinajstić information content (AvgIpc) is 3.26. The molecule has 0 saturated heterocycles. The Hall–Kier alpha value is -3.39. The number of para-hydroxylation sites is 1. The number of esters is 1. The summed E-state index contributed by atoms with van der Waals surface area (Å²) in [5.41, 5.74) is 5.66. The van der Waals surface area contributed by atoms with E-state index in [0.717, 1.165) is 27.6 Å². The average molecular weight is 475 g/mol. The van der Waals surface area contributed by atoms with Gasteiger partial charge in [-0.2, -0.15) is 5.48 Å². The number of nitrogens with zero attached hydrogens (tertiary/aromatic N) is 1. The van der Waals surface area contributed by atoms with E-state index < -0.39 is 17.3 Å². The molecule has 0 radical (unpaired) electrons. The summed E-state index contributed by atoms with van der Waals surface area (Å²) in [7, 11) is 0. The van der Waals surface area contributed by atoms with Crippen molar-refractivity contribution in [2.24, 2.45) is 0 Å². The molecule has 0 aliphatic rings. The highest BCUT2D eigenvalue weighted by molar-refractivity contribution is 7.98. The lowest BCUT2D eigenvalue weighted by molar-refractivity contribution is -0.150. The lowest BCUT2D eigenvalue weighted by Crippen LogP contribution is -2.40. The second-order valence-electron chi connectivity index (χ2n) is 7.91. The first-order valence-electron chi connectivity index (χ1n) is 10.9. The van der Waals surface area contributed by atoms with Gasteiger partial charge in [0.25, 0.3) is 0 Å². The Morgan fingerprint density at radius 2 is 1.56 bits per heavy atom. The number of carbonyl (C=O) groups is 2. The van der Waals surface area contributed by atoms with Gasteiger partial charge in [-0.05, 0) is 22.8 Å². The fourth-order valence-corrected chi connectivity index (χ4v) is 5.18. The van der Waals surface area contributed by atoms with Gasteiger partial charge in [-0.25, -0.2) is 0 Å². The number of nitrogens with one attached hydrogen (secondary N) is 1. The summed E-state index contributed by atoms with van der Waals surface area (Å²) >= 11 is 1.50. The molecule has 1 aromatic heterocycles. The maximum Gasteiger partial charge on any atom is 0.327 e. The highest BCUT2D eigenvalue weighted by Gasteiger charge is 2.33. The van der Waals surface area contributed by atoms with Gasteiger partial charge in [0.2, 0.25) is 5.91 Å². The Morgan fingerprint density at radius 3 is 2.21 bits per heavy atom. The van der Waals surface area contributed by atoms with E-state index in [1.807, 2.05) is 84.9 Å². The molecule has 34 heavy (non-hydrogen) atoms. The van der Waals surface area contributed by atoms with Crippen LogP contribution in [0.2, 0.25) is 0 Å². The van der Waals surface area contributed by atoms with Crippen LogP contribution < -0.4 is 5.48 Å². The molecule has 4 aromatic rings. The predicted octanol–water partition coefficient (Wildman–Crippen LogP) is 5.37. The lowest BCUT2D eigenvalue weighted by atomic mass is 10.0. The van der Waals surface area contributed by atoms with Gasteiger partial charge in [0, 0.05) is 24.3 Å². The topological polar surface area (TPSA) is 80.6 Å². The van der Waals surface area contributed by atoms with Gasteiger partial charge < -0.3 is 9.94 Å². The molecular formula is C27H26N2O4S. The van der Waals surface area contributed by atoms with Crippen LogP contribution in [0.4, 0.5) is 0 Å². The number of hydrogen-bond donors (Lipinski definition) is 2. The summed E-state index contributed by atoms with van der Waals surface area (Å²) in [6.45, 7) is 1.60. The van der Waals surface area contributed by atoms with E-state index in [1.54, 1.807) is 10.8 Å². The molecule has 174 valence electrons. The van der Waals surface area contributed by atoms with Crippen molar-refractivity contribution in [2.45, 2.75) is 30.6 Å². The van der Waals surface area contributed by atoms with Crippen LogP contribution in [-0.4, -0.2) is 27.7 Å². The molecule has 0 spiro atoms. The Balaban J connectivity index is 1.68. The normalized spacial score (nSPS) is 12.9. The van der Waals surface area contributed by atoms with E-state index in [-0.39, 0.29) is 12.5 Å². The Kier molecular flexibility index (Phi) is 7.80. The van der Waals surface area contributed by atoms with Crippen molar-refractivity contribution < 1.29 is 19.5 Å². The second-order valence-corrected chi connectivity index (χ2v) is 9.04. The van der Waals surface area contributed by atoms with E-state index in [4.69, 9.17) is 4.74 Å². The number of carbonyl (C=O) groups excluding carboxylic acids is 2. The summed E-state index contributed by atoms with van der Waals surface area (Å²) in [4.78, 5) is 25.4. The van der Waals surface area contributed by atoms with E-state index >= 15 is 0 Å². The fraction of sp³-hybridized carbons (Fsp3) is 0.185. The van der Waals surface area contributed by atoms with Crippen LogP contribution >= 0.6 is 11.8 Å². The second kappa shape index (κ2) is 11.2. The zero-order valence-corrected chi connectivity index (χ0v) is 19.6. The molecule has 0 bridgehead atoms. The van der Waals surface area contributed by atoms with Gasteiger partial charge in [-0.15, -0.1) is 11.8 Å². The zero-order chi connectivity index (χ0) is 23.9. The third kappa shape index (κ3) is 5.39. The van der Waals surface area contributed by atoms with Crippen molar-refractivity contribution in [2.75, 3.05) is 0 Å². The van der Waals surface area contributed by atoms with E-state index in [2.05, 4.69) is 5.48 Å². The number of rotatable bonds is 9. The largest absolute Gasteiger partial charge is 0.460 e. The summed E-state index contributed by atoms with van der Waals surface area (Å²) in [5.74, 6) is -0.0964. The van der Waals surface area contributed by atoms with Crippen molar-refractivity contribution in [3.8, 4) is 0 Å². The minimum atomic E-state index is -1.04. The van der Waals surface area contributed by atoms with Crippen molar-refractivity contribution in [3.63, 3.8) is 0 Å². The summed E-state index contributed by atoms with van der Waals surface area (Å²) in [5, 5.41) is 10.4. The van der Waals surface area contributed by atoms with Gasteiger partial charge in [0.1, 0.15) is 12.6 Å². The first-order chi connectivity index (χ1) is 16.6. The van der Waals surface area contributed by atoms with Crippen LogP contribution in [0.25, 0.3) is 10.9 Å². The SMILES string of the molecule is CC(=O)n1cc([C@@H](SCc2ccccc2)[C@@H](NO)C(=O)OCc2ccccc2)c2ccccc21. The number of hydrogen-bond acceptors (Lipinski definition) is 6. The Bertz CT molecular complexity index is 1260. The number of ether oxygens (including phenoxy) is 1.